The number of hydrogen-bond acceptors (Lipinski definition) is 3. The van der Waals surface area contributed by atoms with Crippen LogP contribution in [0.3, 0.4) is 0 Å². The summed E-state index contributed by atoms with van der Waals surface area (Å²) < 4.78 is 5.21. The van der Waals surface area contributed by atoms with Crippen molar-refractivity contribution in [2.24, 2.45) is 11.8 Å². The van der Waals surface area contributed by atoms with Crippen molar-refractivity contribution in [1.82, 2.24) is 0 Å². The number of aryl methyl sites for hydroxylation is 1. The Morgan fingerprint density at radius 2 is 1.91 bits per heavy atom. The first-order chi connectivity index (χ1) is 10.4. The normalized spacial score (nSPS) is 20.5. The first-order valence-corrected chi connectivity index (χ1v) is 7.34. The molecule has 22 heavy (non-hydrogen) atoms. The van der Waals surface area contributed by atoms with Gasteiger partial charge in [-0.1, -0.05) is 23.8 Å². The molecule has 0 radical (unpaired) electrons. The summed E-state index contributed by atoms with van der Waals surface area (Å²) in [6.45, 7) is 1.82. The maximum Gasteiger partial charge on any atom is 0.307 e. The third-order valence-electron chi connectivity index (χ3n) is 3.82. The van der Waals surface area contributed by atoms with E-state index >= 15 is 0 Å². The van der Waals surface area contributed by atoms with Gasteiger partial charge < -0.3 is 15.2 Å². The average Bonchev–Trinajstić information content (AvgIpc) is 2.50. The van der Waals surface area contributed by atoms with Crippen LogP contribution in [0, 0.1) is 18.8 Å². The standard InChI is InChI=1S/C16H18ClNO4/c1-9-7-13(14(22-2)8-12(9)17)18-15(19)10-5-3-4-6-11(10)16(20)21/h3-4,7-8,10-11H,5-6H2,1-2H3,(H,18,19)(H,20,21). The summed E-state index contributed by atoms with van der Waals surface area (Å²) in [5.74, 6) is -2.13. The molecule has 0 fully saturated rings. The molecule has 0 aromatic heterocycles. The van der Waals surface area contributed by atoms with Crippen molar-refractivity contribution in [3.8, 4) is 5.75 Å². The quantitative estimate of drug-likeness (QED) is 0.834. The molecule has 0 heterocycles. The van der Waals surface area contributed by atoms with Crippen LogP contribution in [0.25, 0.3) is 0 Å². The van der Waals surface area contributed by atoms with Crippen LogP contribution >= 0.6 is 11.6 Å². The van der Waals surface area contributed by atoms with E-state index in [0.717, 1.165) is 5.56 Å². The molecule has 1 aliphatic rings. The van der Waals surface area contributed by atoms with Gasteiger partial charge in [-0.2, -0.15) is 0 Å². The Balaban J connectivity index is 2.23. The van der Waals surface area contributed by atoms with Gasteiger partial charge in [0.2, 0.25) is 5.91 Å². The minimum absolute atomic E-state index is 0.322. The second kappa shape index (κ2) is 6.83. The number of benzene rings is 1. The van der Waals surface area contributed by atoms with Gasteiger partial charge in [0.25, 0.3) is 0 Å². The Kier molecular flexibility index (Phi) is 5.08. The van der Waals surface area contributed by atoms with Gasteiger partial charge in [0.15, 0.2) is 0 Å². The van der Waals surface area contributed by atoms with Gasteiger partial charge in [-0.25, -0.2) is 0 Å². The number of nitrogens with one attached hydrogen (secondary N) is 1. The number of carboxylic acids is 1. The fourth-order valence-electron chi connectivity index (χ4n) is 2.53. The average molecular weight is 324 g/mol. The molecule has 1 amide bonds. The Morgan fingerprint density at radius 3 is 2.50 bits per heavy atom. The summed E-state index contributed by atoms with van der Waals surface area (Å²) in [4.78, 5) is 23.7. The highest BCUT2D eigenvalue weighted by Crippen LogP contribution is 2.33. The molecule has 2 unspecified atom stereocenters. The number of methoxy groups -OCH3 is 1. The van der Waals surface area contributed by atoms with E-state index in [1.54, 1.807) is 18.2 Å². The monoisotopic (exact) mass is 323 g/mol. The van der Waals surface area contributed by atoms with Crippen LogP contribution in [0.1, 0.15) is 18.4 Å². The lowest BCUT2D eigenvalue weighted by Crippen LogP contribution is -2.34. The van der Waals surface area contributed by atoms with Crippen molar-refractivity contribution in [2.45, 2.75) is 19.8 Å². The Hall–Kier alpha value is -2.01. The van der Waals surface area contributed by atoms with E-state index in [9.17, 15) is 14.7 Å². The highest BCUT2D eigenvalue weighted by Gasteiger charge is 2.34. The van der Waals surface area contributed by atoms with Gasteiger partial charge >= 0.3 is 5.97 Å². The van der Waals surface area contributed by atoms with Crippen LogP contribution in [0.5, 0.6) is 5.75 Å². The summed E-state index contributed by atoms with van der Waals surface area (Å²) in [5.41, 5.74) is 1.30. The van der Waals surface area contributed by atoms with Crippen molar-refractivity contribution in [3.63, 3.8) is 0 Å². The Bertz CT molecular complexity index is 627. The molecule has 1 aromatic carbocycles. The second-order valence-electron chi connectivity index (χ2n) is 5.28. The number of ether oxygens (including phenoxy) is 1. The maximum atomic E-state index is 12.4. The summed E-state index contributed by atoms with van der Waals surface area (Å²) in [6, 6.07) is 3.34. The first kappa shape index (κ1) is 16.4. The van der Waals surface area contributed by atoms with Crippen LogP contribution in [-0.4, -0.2) is 24.1 Å². The number of anilines is 1. The molecule has 1 aliphatic carbocycles. The first-order valence-electron chi connectivity index (χ1n) is 6.96. The van der Waals surface area contributed by atoms with Crippen molar-refractivity contribution in [2.75, 3.05) is 12.4 Å². The third-order valence-corrected chi connectivity index (χ3v) is 4.23. The number of hydrogen-bond donors (Lipinski definition) is 2. The molecule has 118 valence electrons. The fourth-order valence-corrected chi connectivity index (χ4v) is 2.69. The Labute approximate surface area is 133 Å². The zero-order chi connectivity index (χ0) is 16.3. The number of halogens is 1. The summed E-state index contributed by atoms with van der Waals surface area (Å²) in [7, 11) is 1.49. The van der Waals surface area contributed by atoms with Crippen molar-refractivity contribution >= 4 is 29.2 Å². The molecule has 2 N–H and O–H groups in total. The van der Waals surface area contributed by atoms with E-state index in [-0.39, 0.29) is 5.91 Å². The van der Waals surface area contributed by atoms with E-state index in [4.69, 9.17) is 16.3 Å². The lowest BCUT2D eigenvalue weighted by Gasteiger charge is -2.24. The van der Waals surface area contributed by atoms with Crippen LogP contribution in [-0.2, 0) is 9.59 Å². The summed E-state index contributed by atoms with van der Waals surface area (Å²) in [5, 5.41) is 12.6. The number of carboxylic acid groups (broad SMARTS) is 1. The topological polar surface area (TPSA) is 75.6 Å². The number of amides is 1. The van der Waals surface area contributed by atoms with Gasteiger partial charge in [0, 0.05) is 11.1 Å². The summed E-state index contributed by atoms with van der Waals surface area (Å²) in [6.07, 6.45) is 4.42. The van der Waals surface area contributed by atoms with Crippen molar-refractivity contribution in [1.29, 1.82) is 0 Å². The summed E-state index contributed by atoms with van der Waals surface area (Å²) >= 11 is 6.03. The lowest BCUT2D eigenvalue weighted by molar-refractivity contribution is -0.146. The van der Waals surface area contributed by atoms with E-state index in [0.29, 0.717) is 29.3 Å². The molecular formula is C16H18ClNO4. The van der Waals surface area contributed by atoms with Gasteiger partial charge in [0.05, 0.1) is 24.6 Å². The SMILES string of the molecule is COc1cc(Cl)c(C)cc1NC(=O)C1CC=CCC1C(=O)O. The highest BCUT2D eigenvalue weighted by atomic mass is 35.5. The molecule has 0 saturated carbocycles. The van der Waals surface area contributed by atoms with Gasteiger partial charge in [0.1, 0.15) is 5.75 Å². The smallest absolute Gasteiger partial charge is 0.307 e. The maximum absolute atomic E-state index is 12.4. The molecule has 0 spiro atoms. The van der Waals surface area contributed by atoms with E-state index in [1.165, 1.54) is 7.11 Å². The van der Waals surface area contributed by atoms with Crippen molar-refractivity contribution in [3.05, 3.63) is 34.9 Å². The minimum Gasteiger partial charge on any atom is -0.495 e. The molecular weight excluding hydrogens is 306 g/mol. The zero-order valence-electron chi connectivity index (χ0n) is 12.4. The molecule has 6 heteroatoms. The van der Waals surface area contributed by atoms with Crippen LogP contribution in [0.15, 0.2) is 24.3 Å². The molecule has 0 aliphatic heterocycles. The lowest BCUT2D eigenvalue weighted by atomic mass is 9.82. The molecule has 0 bridgehead atoms. The molecule has 1 aromatic rings. The third kappa shape index (κ3) is 3.42. The molecule has 0 saturated heterocycles. The Morgan fingerprint density at radius 1 is 1.27 bits per heavy atom. The van der Waals surface area contributed by atoms with Crippen LogP contribution in [0.2, 0.25) is 5.02 Å². The number of allylic oxidation sites excluding steroid dienone is 2. The fraction of sp³-hybridized carbons (Fsp3) is 0.375. The largest absolute Gasteiger partial charge is 0.495 e. The number of carbonyl (C=O) groups is 2. The number of aliphatic carboxylic acids is 1. The number of carbonyl (C=O) groups excluding carboxylic acids is 1. The van der Waals surface area contributed by atoms with Gasteiger partial charge in [-0.05, 0) is 31.4 Å². The second-order valence-corrected chi connectivity index (χ2v) is 5.69. The van der Waals surface area contributed by atoms with Crippen molar-refractivity contribution < 1.29 is 19.4 Å². The van der Waals surface area contributed by atoms with Gasteiger partial charge in [-0.15, -0.1) is 0 Å². The molecule has 5 nitrogen and oxygen atoms in total. The number of rotatable bonds is 4. The van der Waals surface area contributed by atoms with E-state index in [1.807, 2.05) is 13.0 Å². The minimum atomic E-state index is -0.955. The van der Waals surface area contributed by atoms with Crippen LogP contribution in [0.4, 0.5) is 5.69 Å². The van der Waals surface area contributed by atoms with E-state index < -0.39 is 17.8 Å². The van der Waals surface area contributed by atoms with Crippen LogP contribution < -0.4 is 10.1 Å². The van der Waals surface area contributed by atoms with E-state index in [2.05, 4.69) is 5.32 Å². The molecule has 2 atom stereocenters. The zero-order valence-corrected chi connectivity index (χ0v) is 13.2. The predicted octanol–water partition coefficient (Wildman–Crippen LogP) is 3.26. The van der Waals surface area contributed by atoms with Gasteiger partial charge in [-0.3, -0.25) is 9.59 Å². The highest BCUT2D eigenvalue weighted by molar-refractivity contribution is 6.31. The molecule has 2 rings (SSSR count). The predicted molar refractivity (Wildman–Crippen MR) is 84.4 cm³/mol.